The summed E-state index contributed by atoms with van der Waals surface area (Å²) in [5.74, 6) is 0. The van der Waals surface area contributed by atoms with Gasteiger partial charge in [0.25, 0.3) is 0 Å². The van der Waals surface area contributed by atoms with Crippen LogP contribution in [0, 0.1) is 0 Å². The Labute approximate surface area is 282 Å². The van der Waals surface area contributed by atoms with E-state index < -0.39 is 0 Å². The lowest BCUT2D eigenvalue weighted by atomic mass is 9.81. The highest BCUT2D eigenvalue weighted by molar-refractivity contribution is 6.16. The van der Waals surface area contributed by atoms with Gasteiger partial charge in [-0.25, -0.2) is 0 Å². The van der Waals surface area contributed by atoms with E-state index in [1.165, 1.54) is 71.7 Å². The van der Waals surface area contributed by atoms with Crippen LogP contribution in [0.3, 0.4) is 0 Å². The maximum Gasteiger partial charge on any atom is 0.0546 e. The Morgan fingerprint density at radius 2 is 1.00 bits per heavy atom. The zero-order chi connectivity index (χ0) is 32.2. The lowest BCUT2D eigenvalue weighted by molar-refractivity contribution is 0.661. The molecule has 0 aromatic heterocycles. The molecule has 1 nitrogen and oxygen atoms in total. The van der Waals surface area contributed by atoms with E-state index in [1.807, 2.05) is 0 Å². The van der Waals surface area contributed by atoms with Gasteiger partial charge >= 0.3 is 0 Å². The first-order valence-electron chi connectivity index (χ1n) is 16.8. The molecule has 0 N–H and O–H groups in total. The van der Waals surface area contributed by atoms with Crippen LogP contribution in [0.15, 0.2) is 176 Å². The number of hydrogen-bond donors (Lipinski definition) is 0. The van der Waals surface area contributed by atoms with Crippen LogP contribution in [0.25, 0.3) is 54.9 Å². The van der Waals surface area contributed by atoms with Gasteiger partial charge in [0.2, 0.25) is 0 Å². The van der Waals surface area contributed by atoms with Gasteiger partial charge in [0.1, 0.15) is 0 Å². The van der Waals surface area contributed by atoms with E-state index in [0.29, 0.717) is 0 Å². The van der Waals surface area contributed by atoms with Crippen LogP contribution in [0.4, 0.5) is 17.1 Å². The van der Waals surface area contributed by atoms with Gasteiger partial charge in [-0.05, 0) is 103 Å². The molecule has 0 spiro atoms. The molecule has 0 saturated heterocycles. The molecule has 0 saturated carbocycles. The Balaban J connectivity index is 1.36. The molecule has 1 aliphatic rings. The molecule has 1 heteroatoms. The molecule has 0 radical (unpaired) electrons. The first-order chi connectivity index (χ1) is 23.6. The summed E-state index contributed by atoms with van der Waals surface area (Å²) < 4.78 is 0. The van der Waals surface area contributed by atoms with E-state index in [9.17, 15) is 0 Å². The van der Waals surface area contributed by atoms with E-state index in [4.69, 9.17) is 0 Å². The Morgan fingerprint density at radius 1 is 0.375 bits per heavy atom. The molecule has 0 fully saturated rings. The van der Waals surface area contributed by atoms with Crippen molar-refractivity contribution in [3.63, 3.8) is 0 Å². The fraction of sp³-hybridized carbons (Fsp3) is 0.0638. The summed E-state index contributed by atoms with van der Waals surface area (Å²) >= 11 is 0. The molecule has 0 aliphatic heterocycles. The van der Waals surface area contributed by atoms with Crippen molar-refractivity contribution in [3.05, 3.63) is 187 Å². The average Bonchev–Trinajstić information content (AvgIpc) is 3.37. The summed E-state index contributed by atoms with van der Waals surface area (Å²) in [6, 6.07) is 64.4. The summed E-state index contributed by atoms with van der Waals surface area (Å²) in [6.45, 7) is 4.73. The number of hydrogen-bond acceptors (Lipinski definition) is 1. The van der Waals surface area contributed by atoms with Crippen molar-refractivity contribution in [2.45, 2.75) is 19.3 Å². The van der Waals surface area contributed by atoms with Crippen LogP contribution in [0.2, 0.25) is 0 Å². The van der Waals surface area contributed by atoms with E-state index >= 15 is 0 Å². The molecule has 228 valence electrons. The SMILES string of the molecule is CC1(C)c2ccccc2-c2cc3c(N(c4ccccc4)c4ccc(-c5ccccc5)c(-c5ccccc5)c4)cc4ccccc4c3cc21. The third kappa shape index (κ3) is 4.47. The van der Waals surface area contributed by atoms with Gasteiger partial charge in [-0.1, -0.05) is 147 Å². The molecule has 48 heavy (non-hydrogen) atoms. The van der Waals surface area contributed by atoms with Crippen LogP contribution in [0.1, 0.15) is 25.0 Å². The monoisotopic (exact) mass is 613 g/mol. The fourth-order valence-corrected chi connectivity index (χ4v) is 7.86. The van der Waals surface area contributed by atoms with E-state index in [0.717, 1.165) is 11.4 Å². The normalized spacial score (nSPS) is 13.0. The summed E-state index contributed by atoms with van der Waals surface area (Å²) in [6.07, 6.45) is 0. The first-order valence-corrected chi connectivity index (χ1v) is 16.8. The zero-order valence-electron chi connectivity index (χ0n) is 27.2. The van der Waals surface area contributed by atoms with E-state index in [2.05, 4.69) is 195 Å². The molecule has 0 heterocycles. The van der Waals surface area contributed by atoms with Crippen molar-refractivity contribution in [2.75, 3.05) is 4.90 Å². The molecule has 8 aromatic rings. The Bertz CT molecular complexity index is 2460. The van der Waals surface area contributed by atoms with Gasteiger partial charge in [-0.15, -0.1) is 0 Å². The molecule has 0 unspecified atom stereocenters. The second-order valence-electron chi connectivity index (χ2n) is 13.4. The Hall–Kier alpha value is -5.92. The van der Waals surface area contributed by atoms with Crippen molar-refractivity contribution in [1.82, 2.24) is 0 Å². The Kier molecular flexibility index (Phi) is 6.55. The predicted molar refractivity (Wildman–Crippen MR) is 205 cm³/mol. The van der Waals surface area contributed by atoms with Crippen LogP contribution in [0.5, 0.6) is 0 Å². The minimum Gasteiger partial charge on any atom is -0.310 e. The molecule has 1 aliphatic carbocycles. The quantitative estimate of drug-likeness (QED) is 0.175. The van der Waals surface area contributed by atoms with Gasteiger partial charge < -0.3 is 4.90 Å². The molecular weight excluding hydrogens is 579 g/mol. The lowest BCUT2D eigenvalue weighted by Crippen LogP contribution is -2.15. The summed E-state index contributed by atoms with van der Waals surface area (Å²) in [7, 11) is 0. The molecule has 0 bridgehead atoms. The zero-order valence-corrected chi connectivity index (χ0v) is 27.2. The number of anilines is 3. The average molecular weight is 614 g/mol. The maximum absolute atomic E-state index is 2.48. The van der Waals surface area contributed by atoms with Crippen molar-refractivity contribution < 1.29 is 0 Å². The number of para-hydroxylation sites is 1. The minimum absolute atomic E-state index is 0.0752. The highest BCUT2D eigenvalue weighted by Gasteiger charge is 2.36. The number of rotatable bonds is 5. The smallest absolute Gasteiger partial charge is 0.0546 e. The van der Waals surface area contributed by atoms with Crippen LogP contribution >= 0.6 is 0 Å². The van der Waals surface area contributed by atoms with Crippen molar-refractivity contribution in [2.24, 2.45) is 0 Å². The second kappa shape index (κ2) is 11.1. The number of fused-ring (bicyclic) bond motifs is 6. The Morgan fingerprint density at radius 3 is 1.75 bits per heavy atom. The van der Waals surface area contributed by atoms with Gasteiger partial charge in [0.05, 0.1) is 5.69 Å². The molecular formula is C47H35N. The van der Waals surface area contributed by atoms with Crippen molar-refractivity contribution >= 4 is 38.6 Å². The van der Waals surface area contributed by atoms with Crippen molar-refractivity contribution in [3.8, 4) is 33.4 Å². The first kappa shape index (κ1) is 28.3. The highest BCUT2D eigenvalue weighted by Crippen LogP contribution is 2.52. The van der Waals surface area contributed by atoms with Gasteiger partial charge in [-0.3, -0.25) is 0 Å². The van der Waals surface area contributed by atoms with Gasteiger partial charge in [-0.2, -0.15) is 0 Å². The van der Waals surface area contributed by atoms with E-state index in [1.54, 1.807) is 0 Å². The second-order valence-corrected chi connectivity index (χ2v) is 13.4. The maximum atomic E-state index is 2.48. The van der Waals surface area contributed by atoms with Crippen LogP contribution in [-0.2, 0) is 5.41 Å². The largest absolute Gasteiger partial charge is 0.310 e. The summed E-state index contributed by atoms with van der Waals surface area (Å²) in [4.78, 5) is 2.45. The third-order valence-corrected chi connectivity index (χ3v) is 10.2. The lowest BCUT2D eigenvalue weighted by Gasteiger charge is -2.29. The highest BCUT2D eigenvalue weighted by atomic mass is 15.1. The molecule has 9 rings (SSSR count). The van der Waals surface area contributed by atoms with Crippen molar-refractivity contribution in [1.29, 1.82) is 0 Å². The van der Waals surface area contributed by atoms with E-state index in [-0.39, 0.29) is 5.41 Å². The predicted octanol–water partition coefficient (Wildman–Crippen LogP) is 13.1. The fourth-order valence-electron chi connectivity index (χ4n) is 7.86. The molecule has 0 amide bonds. The number of benzene rings is 8. The van der Waals surface area contributed by atoms with Crippen LogP contribution in [-0.4, -0.2) is 0 Å². The standard InChI is InChI=1S/C47H35N/c1-47(2)44-25-15-14-24-39(44)42-30-43-41(31-45(42)47)37-23-13-12-20-34(37)28-46(43)48(35-21-10-5-11-22-35)36-26-27-38(32-16-6-3-7-17-32)40(29-36)33-18-8-4-9-19-33/h3-31H,1-2H3. The molecule has 8 aromatic carbocycles. The summed E-state index contributed by atoms with van der Waals surface area (Å²) in [5, 5.41) is 5.05. The molecule has 0 atom stereocenters. The number of nitrogens with zero attached hydrogens (tertiary/aromatic N) is 1. The van der Waals surface area contributed by atoms with Gasteiger partial charge in [0.15, 0.2) is 0 Å². The van der Waals surface area contributed by atoms with Gasteiger partial charge in [0, 0.05) is 22.2 Å². The third-order valence-electron chi connectivity index (χ3n) is 10.2. The minimum atomic E-state index is -0.0752. The summed E-state index contributed by atoms with van der Waals surface area (Å²) in [5.41, 5.74) is 13.6. The topological polar surface area (TPSA) is 3.24 Å². The van der Waals surface area contributed by atoms with Crippen LogP contribution < -0.4 is 4.90 Å².